The van der Waals surface area contributed by atoms with E-state index in [9.17, 15) is 4.79 Å². The van der Waals surface area contributed by atoms with Gasteiger partial charge in [0.05, 0.1) is 30.0 Å². The maximum atomic E-state index is 10.6. The lowest BCUT2D eigenvalue weighted by Gasteiger charge is -2.31. The Morgan fingerprint density at radius 1 is 0.683 bits per heavy atom. The molecule has 2 saturated heterocycles. The fraction of sp³-hybridized carbons (Fsp3) is 0.686. The van der Waals surface area contributed by atoms with Gasteiger partial charge in [0.25, 0.3) is 0 Å². The Hall–Kier alpha value is -1.66. The maximum Gasteiger partial charge on any atom is 0.372 e. The molecule has 16 atom stereocenters. The molecule has 1 N–H and O–H groups in total. The monoisotopic (exact) mass is 576 g/mol. The number of benzene rings is 1. The number of hydrogen-bond acceptors (Lipinski definition) is 5. The minimum atomic E-state index is -0.813. The van der Waals surface area contributed by atoms with Crippen LogP contribution in [0.3, 0.4) is 0 Å². The molecule has 10 aliphatic rings. The van der Waals surface area contributed by atoms with Gasteiger partial charge in [-0.2, -0.15) is 5.26 Å². The highest BCUT2D eigenvalue weighted by Gasteiger charge is 2.69. The van der Waals surface area contributed by atoms with Gasteiger partial charge in [0.2, 0.25) is 0 Å². The summed E-state index contributed by atoms with van der Waals surface area (Å²) in [5, 5.41) is 8.41. The van der Waals surface area contributed by atoms with Crippen LogP contribution in [0.1, 0.15) is 61.7 Å². The van der Waals surface area contributed by atoms with E-state index < -0.39 is 5.97 Å². The normalized spacial score (nSPS) is 52.0. The van der Waals surface area contributed by atoms with E-state index in [4.69, 9.17) is 26.3 Å². The molecular weight excluding hydrogens is 536 g/mol. The number of carbonyl (C=O) groups is 1. The van der Waals surface area contributed by atoms with Gasteiger partial charge in [-0.05, 0) is 141 Å². The summed E-state index contributed by atoms with van der Waals surface area (Å²) in [6.07, 6.45) is 24.8. The van der Waals surface area contributed by atoms with Crippen LogP contribution < -0.4 is 0 Å². The van der Waals surface area contributed by atoms with E-state index in [-0.39, 0.29) is 5.56 Å². The quantitative estimate of drug-likeness (QED) is 0.178. The minimum Gasteiger partial charge on any atom is -0.369 e. The lowest BCUT2D eigenvalue weighted by atomic mass is 9.72. The van der Waals surface area contributed by atoms with Gasteiger partial charge in [-0.3, -0.25) is 4.89 Å². The molecule has 8 fully saturated rings. The van der Waals surface area contributed by atoms with Gasteiger partial charge < -0.3 is 9.47 Å². The molecule has 2 aliphatic heterocycles. The number of carbonyl (C=O) groups excluding carboxylic acids is 1. The first kappa shape index (κ1) is 25.8. The molecule has 11 rings (SSSR count). The summed E-state index contributed by atoms with van der Waals surface area (Å²) in [5.74, 6) is 11.0. The van der Waals surface area contributed by atoms with E-state index in [0.29, 0.717) is 29.4 Å². The second-order valence-electron chi connectivity index (χ2n) is 15.0. The molecule has 6 heteroatoms. The highest BCUT2D eigenvalue weighted by atomic mass is 35.5. The second-order valence-corrected chi connectivity index (χ2v) is 15.5. The van der Waals surface area contributed by atoms with Crippen molar-refractivity contribution in [3.05, 3.63) is 59.2 Å². The molecule has 218 valence electrons. The topological polar surface area (TPSA) is 71.6 Å². The zero-order valence-electron chi connectivity index (χ0n) is 23.5. The fourth-order valence-corrected chi connectivity index (χ4v) is 11.8. The number of epoxide rings is 2. The molecule has 16 unspecified atom stereocenters. The van der Waals surface area contributed by atoms with Crippen molar-refractivity contribution in [1.29, 1.82) is 0 Å². The zero-order valence-corrected chi connectivity index (χ0v) is 24.2. The predicted octanol–water partition coefficient (Wildman–Crippen LogP) is 7.21. The summed E-state index contributed by atoms with van der Waals surface area (Å²) in [6.45, 7) is 0. The van der Waals surface area contributed by atoms with E-state index in [1.54, 1.807) is 12.1 Å². The van der Waals surface area contributed by atoms with Gasteiger partial charge >= 0.3 is 5.97 Å². The van der Waals surface area contributed by atoms with Crippen LogP contribution in [-0.4, -0.2) is 35.6 Å². The molecule has 5 nitrogen and oxygen atoms in total. The van der Waals surface area contributed by atoms with Gasteiger partial charge in [-0.1, -0.05) is 42.0 Å². The highest BCUT2D eigenvalue weighted by Crippen LogP contribution is 2.67. The second kappa shape index (κ2) is 9.67. The first-order valence-corrected chi connectivity index (χ1v) is 16.7. The summed E-state index contributed by atoms with van der Waals surface area (Å²) in [6, 6.07) is 6.11. The Morgan fingerprint density at radius 3 is 1.61 bits per heavy atom. The van der Waals surface area contributed by atoms with E-state index in [0.717, 1.165) is 71.0 Å². The van der Waals surface area contributed by atoms with E-state index >= 15 is 0 Å². The number of fused-ring (bicyclic) bond motifs is 14. The van der Waals surface area contributed by atoms with Crippen molar-refractivity contribution in [1.82, 2.24) is 0 Å². The highest BCUT2D eigenvalue weighted by molar-refractivity contribution is 6.30. The Kier molecular flexibility index (Phi) is 6.09. The van der Waals surface area contributed by atoms with Crippen LogP contribution in [0.15, 0.2) is 48.6 Å². The van der Waals surface area contributed by atoms with Crippen LogP contribution >= 0.6 is 11.6 Å². The SMILES string of the molecule is C1=CC2CC1CC2C1CC2C=CC1C2.C1C2CC(C1C1CC3CC1C1OC31)C1OC21.O=C(OO)c1cccc(Cl)c1. The third-order valence-corrected chi connectivity index (χ3v) is 13.4. The summed E-state index contributed by atoms with van der Waals surface area (Å²) in [4.78, 5) is 14.1. The molecule has 1 aromatic carbocycles. The third-order valence-electron chi connectivity index (χ3n) is 13.2. The molecule has 1 aromatic rings. The Morgan fingerprint density at radius 2 is 1.22 bits per heavy atom. The van der Waals surface area contributed by atoms with Crippen molar-refractivity contribution in [2.45, 2.75) is 75.8 Å². The molecule has 8 aliphatic carbocycles. The molecule has 0 amide bonds. The van der Waals surface area contributed by atoms with Crippen molar-refractivity contribution in [2.75, 3.05) is 0 Å². The first-order chi connectivity index (χ1) is 20.0. The summed E-state index contributed by atoms with van der Waals surface area (Å²) < 4.78 is 11.6. The number of hydrogen-bond donors (Lipinski definition) is 1. The molecule has 6 saturated carbocycles. The lowest BCUT2D eigenvalue weighted by molar-refractivity contribution is -0.182. The van der Waals surface area contributed by atoms with Crippen molar-refractivity contribution >= 4 is 17.6 Å². The molecule has 2 heterocycles. The van der Waals surface area contributed by atoms with Gasteiger partial charge in [0, 0.05) is 5.02 Å². The number of halogens is 1. The Balaban J connectivity index is 0.0000000900. The van der Waals surface area contributed by atoms with E-state index in [2.05, 4.69) is 29.2 Å². The largest absolute Gasteiger partial charge is 0.372 e. The van der Waals surface area contributed by atoms with Gasteiger partial charge in [-0.25, -0.2) is 4.79 Å². The van der Waals surface area contributed by atoms with Crippen LogP contribution in [0.2, 0.25) is 5.02 Å². The van der Waals surface area contributed by atoms with E-state index in [1.165, 1.54) is 63.5 Å². The smallest absolute Gasteiger partial charge is 0.369 e. The maximum absolute atomic E-state index is 10.6. The zero-order chi connectivity index (χ0) is 27.4. The van der Waals surface area contributed by atoms with Crippen molar-refractivity contribution < 1.29 is 24.4 Å². The van der Waals surface area contributed by atoms with Gasteiger partial charge in [-0.15, -0.1) is 0 Å². The van der Waals surface area contributed by atoms with Gasteiger partial charge in [0.1, 0.15) is 0 Å². The van der Waals surface area contributed by atoms with Crippen LogP contribution in [0.5, 0.6) is 0 Å². The number of rotatable bonds is 3. The average molecular weight is 577 g/mol. The van der Waals surface area contributed by atoms with Crippen LogP contribution in [-0.2, 0) is 14.4 Å². The van der Waals surface area contributed by atoms with Crippen molar-refractivity contribution in [3.63, 3.8) is 0 Å². The van der Waals surface area contributed by atoms with Crippen LogP contribution in [0.25, 0.3) is 0 Å². The molecule has 0 spiro atoms. The van der Waals surface area contributed by atoms with E-state index in [1.807, 2.05) is 0 Å². The lowest BCUT2D eigenvalue weighted by Crippen LogP contribution is -2.31. The number of ether oxygens (including phenoxy) is 2. The molecule has 0 aromatic heterocycles. The molecule has 0 radical (unpaired) electrons. The van der Waals surface area contributed by atoms with Crippen LogP contribution in [0, 0.1) is 71.0 Å². The molecular formula is C35H41ClO5. The molecule has 41 heavy (non-hydrogen) atoms. The van der Waals surface area contributed by atoms with Crippen LogP contribution in [0.4, 0.5) is 0 Å². The summed E-state index contributed by atoms with van der Waals surface area (Å²) in [7, 11) is 0. The van der Waals surface area contributed by atoms with Crippen molar-refractivity contribution in [2.24, 2.45) is 71.0 Å². The summed E-state index contributed by atoms with van der Waals surface area (Å²) in [5.41, 5.74) is 0.222. The number of allylic oxidation sites excluding steroid dienone is 4. The van der Waals surface area contributed by atoms with Gasteiger partial charge in [0.15, 0.2) is 0 Å². The minimum absolute atomic E-state index is 0.222. The predicted molar refractivity (Wildman–Crippen MR) is 154 cm³/mol. The standard InChI is InChI=1S/C14H18O2.C14H18.C7H5ClO3/c1-5-3-9(13-11(5)15-13)7(1)8-2-6-4-10(8)14-12(6)16-14;1-3-11-5-9(1)7-13(11)14-8-10-2-4-12(14)6-10;8-6-3-1-2-5(4-6)7(9)11-10/h5-14H,1-4H2;1-4,9-14H,5-8H2;1-4,10H. The third kappa shape index (κ3) is 4.31. The average Bonchev–Trinajstić information content (AvgIpc) is 3.47. The molecule has 8 bridgehead atoms. The summed E-state index contributed by atoms with van der Waals surface area (Å²) >= 11 is 5.56. The fourth-order valence-electron chi connectivity index (χ4n) is 11.6. The first-order valence-electron chi connectivity index (χ1n) is 16.3. The Bertz CT molecular complexity index is 1210. The Labute approximate surface area is 247 Å². The van der Waals surface area contributed by atoms with Crippen molar-refractivity contribution in [3.8, 4) is 0 Å².